The van der Waals surface area contributed by atoms with E-state index in [4.69, 9.17) is 4.42 Å². The molecule has 0 radical (unpaired) electrons. The van der Waals surface area contributed by atoms with Gasteiger partial charge >= 0.3 is 5.63 Å². The number of carbonyl (C=O) groups is 1. The first kappa shape index (κ1) is 20.1. The molecular formula is C18H23ClN4O3. The van der Waals surface area contributed by atoms with Crippen LogP contribution >= 0.6 is 12.4 Å². The molecule has 1 unspecified atom stereocenters. The van der Waals surface area contributed by atoms with E-state index in [9.17, 15) is 9.59 Å². The van der Waals surface area contributed by atoms with E-state index in [0.29, 0.717) is 24.3 Å². The lowest BCUT2D eigenvalue weighted by Gasteiger charge is -2.22. The highest BCUT2D eigenvalue weighted by molar-refractivity contribution is 5.95. The normalized spacial score (nSPS) is 16.6. The monoisotopic (exact) mass is 378 g/mol. The van der Waals surface area contributed by atoms with Crippen molar-refractivity contribution in [2.45, 2.75) is 32.1 Å². The van der Waals surface area contributed by atoms with Crippen LogP contribution in [0, 0.1) is 6.92 Å². The van der Waals surface area contributed by atoms with Gasteiger partial charge in [-0.3, -0.25) is 14.8 Å². The SMILES string of the molecule is Cc1cc(C2CCCNC2)oc(=O)c1C(=O)NCCc1cnccn1.Cl. The summed E-state index contributed by atoms with van der Waals surface area (Å²) >= 11 is 0. The molecule has 2 aromatic rings. The van der Waals surface area contributed by atoms with Crippen LogP contribution in [0.1, 0.15) is 46.1 Å². The summed E-state index contributed by atoms with van der Waals surface area (Å²) in [5, 5.41) is 6.05. The van der Waals surface area contributed by atoms with Crippen LogP contribution < -0.4 is 16.3 Å². The molecule has 1 aliphatic rings. The Morgan fingerprint density at radius 1 is 1.42 bits per heavy atom. The smallest absolute Gasteiger partial charge is 0.349 e. The first-order chi connectivity index (χ1) is 12.1. The van der Waals surface area contributed by atoms with E-state index in [0.717, 1.165) is 31.6 Å². The van der Waals surface area contributed by atoms with Crippen molar-refractivity contribution in [2.75, 3.05) is 19.6 Å². The predicted molar refractivity (Wildman–Crippen MR) is 99.9 cm³/mol. The molecule has 3 rings (SSSR count). The second-order valence-corrected chi connectivity index (χ2v) is 6.24. The van der Waals surface area contributed by atoms with Crippen molar-refractivity contribution in [1.29, 1.82) is 0 Å². The van der Waals surface area contributed by atoms with Crippen LogP contribution in [0.2, 0.25) is 0 Å². The Hall–Kier alpha value is -2.25. The molecule has 2 N–H and O–H groups in total. The van der Waals surface area contributed by atoms with Gasteiger partial charge in [0.05, 0.1) is 5.69 Å². The van der Waals surface area contributed by atoms with Gasteiger partial charge < -0.3 is 15.1 Å². The highest BCUT2D eigenvalue weighted by Gasteiger charge is 2.22. The Morgan fingerprint density at radius 2 is 2.27 bits per heavy atom. The number of halogens is 1. The zero-order valence-corrected chi connectivity index (χ0v) is 15.5. The maximum Gasteiger partial charge on any atom is 0.349 e. The summed E-state index contributed by atoms with van der Waals surface area (Å²) in [4.78, 5) is 32.8. The number of nitrogens with one attached hydrogen (secondary N) is 2. The Morgan fingerprint density at radius 3 is 2.92 bits per heavy atom. The Labute approximate surface area is 158 Å². The Bertz CT molecular complexity index is 789. The van der Waals surface area contributed by atoms with Crippen molar-refractivity contribution in [2.24, 2.45) is 0 Å². The summed E-state index contributed by atoms with van der Waals surface area (Å²) < 4.78 is 5.44. The van der Waals surface area contributed by atoms with E-state index in [1.165, 1.54) is 0 Å². The summed E-state index contributed by atoms with van der Waals surface area (Å²) in [6.07, 6.45) is 7.44. The van der Waals surface area contributed by atoms with Crippen molar-refractivity contribution in [3.05, 3.63) is 57.7 Å². The Balaban J connectivity index is 0.00000243. The number of hydrogen-bond donors (Lipinski definition) is 2. The lowest BCUT2D eigenvalue weighted by Crippen LogP contribution is -2.32. The lowest BCUT2D eigenvalue weighted by atomic mass is 9.95. The van der Waals surface area contributed by atoms with E-state index in [1.807, 2.05) is 6.07 Å². The quantitative estimate of drug-likeness (QED) is 0.820. The summed E-state index contributed by atoms with van der Waals surface area (Å²) in [7, 11) is 0. The molecule has 26 heavy (non-hydrogen) atoms. The van der Waals surface area contributed by atoms with Crippen molar-refractivity contribution >= 4 is 18.3 Å². The number of rotatable bonds is 5. The summed E-state index contributed by atoms with van der Waals surface area (Å²) in [5.74, 6) is 0.434. The van der Waals surface area contributed by atoms with Gasteiger partial charge in [0.2, 0.25) is 0 Å². The maximum atomic E-state index is 12.3. The molecule has 140 valence electrons. The van der Waals surface area contributed by atoms with Gasteiger partial charge in [0.1, 0.15) is 11.3 Å². The van der Waals surface area contributed by atoms with Gasteiger partial charge in [-0.15, -0.1) is 12.4 Å². The molecule has 2 aromatic heterocycles. The second-order valence-electron chi connectivity index (χ2n) is 6.24. The van der Waals surface area contributed by atoms with E-state index >= 15 is 0 Å². The topological polar surface area (TPSA) is 97.1 Å². The van der Waals surface area contributed by atoms with Crippen molar-refractivity contribution in [3.8, 4) is 0 Å². The van der Waals surface area contributed by atoms with Crippen LogP contribution in [0.25, 0.3) is 0 Å². The number of carbonyl (C=O) groups excluding carboxylic acids is 1. The second kappa shape index (κ2) is 9.45. The average molecular weight is 379 g/mol. The predicted octanol–water partition coefficient (Wildman–Crippen LogP) is 1.60. The molecule has 1 amide bonds. The van der Waals surface area contributed by atoms with Gasteiger partial charge in [-0.05, 0) is 37.9 Å². The summed E-state index contributed by atoms with van der Waals surface area (Å²) in [5.41, 5.74) is 0.935. The minimum atomic E-state index is -0.572. The molecule has 8 heteroatoms. The molecule has 0 saturated carbocycles. The van der Waals surface area contributed by atoms with E-state index in [2.05, 4.69) is 20.6 Å². The van der Waals surface area contributed by atoms with E-state index in [1.54, 1.807) is 25.5 Å². The number of piperidine rings is 1. The third kappa shape index (κ3) is 4.89. The fourth-order valence-electron chi connectivity index (χ4n) is 3.05. The molecule has 1 fully saturated rings. The number of aromatic nitrogens is 2. The minimum absolute atomic E-state index is 0. The molecule has 0 aliphatic carbocycles. The molecule has 0 spiro atoms. The number of hydrogen-bond acceptors (Lipinski definition) is 6. The molecule has 7 nitrogen and oxygen atoms in total. The zero-order chi connectivity index (χ0) is 17.6. The standard InChI is InChI=1S/C18H22N4O3.ClH/c1-12-9-15(13-3-2-5-19-10-13)25-18(24)16(12)17(23)22-6-4-14-11-20-7-8-21-14;/h7-9,11,13,19H,2-6,10H2,1H3,(H,22,23);1H. The molecule has 3 heterocycles. The van der Waals surface area contributed by atoms with Crippen LogP contribution in [0.3, 0.4) is 0 Å². The molecule has 0 bridgehead atoms. The van der Waals surface area contributed by atoms with Gasteiger partial charge in [0.15, 0.2) is 0 Å². The van der Waals surface area contributed by atoms with Crippen LogP contribution in [0.4, 0.5) is 0 Å². The third-order valence-corrected chi connectivity index (χ3v) is 4.38. The fraction of sp³-hybridized carbons (Fsp3) is 0.444. The van der Waals surface area contributed by atoms with Crippen molar-refractivity contribution < 1.29 is 9.21 Å². The van der Waals surface area contributed by atoms with Crippen LogP contribution in [-0.2, 0) is 6.42 Å². The fourth-order valence-corrected chi connectivity index (χ4v) is 3.05. The van der Waals surface area contributed by atoms with Gasteiger partial charge in [-0.25, -0.2) is 4.79 Å². The third-order valence-electron chi connectivity index (χ3n) is 4.38. The highest BCUT2D eigenvalue weighted by Crippen LogP contribution is 2.23. The lowest BCUT2D eigenvalue weighted by molar-refractivity contribution is 0.0948. The number of nitrogens with zero attached hydrogens (tertiary/aromatic N) is 2. The Kier molecular flexibility index (Phi) is 7.29. The van der Waals surface area contributed by atoms with Crippen LogP contribution in [0.15, 0.2) is 33.9 Å². The zero-order valence-electron chi connectivity index (χ0n) is 14.7. The minimum Gasteiger partial charge on any atom is -0.427 e. The summed E-state index contributed by atoms with van der Waals surface area (Å²) in [6.45, 7) is 3.94. The molecule has 1 aliphatic heterocycles. The van der Waals surface area contributed by atoms with Crippen LogP contribution in [-0.4, -0.2) is 35.5 Å². The van der Waals surface area contributed by atoms with Crippen molar-refractivity contribution in [1.82, 2.24) is 20.6 Å². The van der Waals surface area contributed by atoms with Crippen LogP contribution in [0.5, 0.6) is 0 Å². The molecular weight excluding hydrogens is 356 g/mol. The van der Waals surface area contributed by atoms with Gasteiger partial charge in [0.25, 0.3) is 5.91 Å². The average Bonchev–Trinajstić information content (AvgIpc) is 2.63. The first-order valence-corrected chi connectivity index (χ1v) is 8.53. The van der Waals surface area contributed by atoms with Gasteiger partial charge in [0, 0.05) is 44.0 Å². The highest BCUT2D eigenvalue weighted by atomic mass is 35.5. The van der Waals surface area contributed by atoms with Crippen molar-refractivity contribution in [3.63, 3.8) is 0 Å². The largest absolute Gasteiger partial charge is 0.427 e. The number of amides is 1. The van der Waals surface area contributed by atoms with E-state index in [-0.39, 0.29) is 23.9 Å². The van der Waals surface area contributed by atoms with Gasteiger partial charge in [-0.1, -0.05) is 0 Å². The first-order valence-electron chi connectivity index (χ1n) is 8.53. The van der Waals surface area contributed by atoms with Gasteiger partial charge in [-0.2, -0.15) is 0 Å². The number of aryl methyl sites for hydroxylation is 1. The summed E-state index contributed by atoms with van der Waals surface area (Å²) in [6, 6.07) is 1.82. The molecule has 0 aromatic carbocycles. The molecule has 1 atom stereocenters. The maximum absolute atomic E-state index is 12.3. The molecule has 1 saturated heterocycles. The van der Waals surface area contributed by atoms with E-state index < -0.39 is 11.5 Å².